The number of rotatable bonds is 6. The van der Waals surface area contributed by atoms with Gasteiger partial charge in [0.2, 0.25) is 5.89 Å². The zero-order valence-corrected chi connectivity index (χ0v) is 14.8. The summed E-state index contributed by atoms with van der Waals surface area (Å²) in [5, 5.41) is 18.2. The molecule has 2 aromatic carbocycles. The van der Waals surface area contributed by atoms with E-state index in [1.54, 1.807) is 0 Å². The van der Waals surface area contributed by atoms with Gasteiger partial charge in [-0.2, -0.15) is 0 Å². The molecule has 0 fully saturated rings. The van der Waals surface area contributed by atoms with Crippen molar-refractivity contribution in [3.8, 4) is 11.5 Å². The minimum Gasteiger partial charge on any atom is -0.452 e. The van der Waals surface area contributed by atoms with Gasteiger partial charge in [0.15, 0.2) is 6.61 Å². The number of esters is 1. The summed E-state index contributed by atoms with van der Waals surface area (Å²) in [7, 11) is 0. The van der Waals surface area contributed by atoms with Gasteiger partial charge in [-0.1, -0.05) is 17.7 Å². The van der Waals surface area contributed by atoms with Gasteiger partial charge < -0.3 is 9.15 Å². The lowest BCUT2D eigenvalue weighted by Gasteiger charge is -1.98. The first-order chi connectivity index (χ1) is 13.4. The van der Waals surface area contributed by atoms with Gasteiger partial charge in [-0.25, -0.2) is 9.18 Å². The van der Waals surface area contributed by atoms with Crippen LogP contribution in [0.5, 0.6) is 0 Å². The molecule has 0 amide bonds. The minimum absolute atomic E-state index is 0.0554. The highest BCUT2D eigenvalue weighted by Crippen LogP contribution is 2.21. The first-order valence-corrected chi connectivity index (χ1v) is 8.17. The van der Waals surface area contributed by atoms with E-state index in [4.69, 9.17) is 20.8 Å². The van der Waals surface area contributed by atoms with E-state index >= 15 is 0 Å². The molecule has 142 valence electrons. The fourth-order valence-electron chi connectivity index (χ4n) is 2.12. The molecular weight excluding hydrogens is 393 g/mol. The van der Waals surface area contributed by atoms with Crippen molar-refractivity contribution in [2.24, 2.45) is 0 Å². The van der Waals surface area contributed by atoms with Crippen molar-refractivity contribution in [3.63, 3.8) is 0 Å². The molecule has 0 bridgehead atoms. The second-order valence-electron chi connectivity index (χ2n) is 5.42. The molecule has 1 aromatic heterocycles. The van der Waals surface area contributed by atoms with Crippen LogP contribution in [0.25, 0.3) is 17.5 Å². The Morgan fingerprint density at radius 1 is 1.25 bits per heavy atom. The number of ether oxygens (including phenoxy) is 1. The predicted octanol–water partition coefficient (Wildman–Crippen LogP) is 4.19. The van der Waals surface area contributed by atoms with Crippen molar-refractivity contribution in [2.45, 2.75) is 6.61 Å². The molecule has 0 aliphatic heterocycles. The average molecular weight is 404 g/mol. The van der Waals surface area contributed by atoms with Gasteiger partial charge in [-0.3, -0.25) is 10.1 Å². The van der Waals surface area contributed by atoms with Crippen LogP contribution >= 0.6 is 11.6 Å². The van der Waals surface area contributed by atoms with E-state index in [-0.39, 0.29) is 29.1 Å². The normalized spacial score (nSPS) is 10.9. The smallest absolute Gasteiger partial charge is 0.331 e. The molecule has 0 saturated heterocycles. The largest absolute Gasteiger partial charge is 0.452 e. The summed E-state index contributed by atoms with van der Waals surface area (Å²) in [6.45, 7) is -0.257. The number of benzene rings is 2. The molecule has 0 N–H and O–H groups in total. The molecule has 0 unspecified atom stereocenters. The average Bonchev–Trinajstić information content (AvgIpc) is 3.16. The lowest BCUT2D eigenvalue weighted by atomic mass is 10.2. The number of carbonyl (C=O) groups excluding carboxylic acids is 1. The number of hydrogen-bond donors (Lipinski definition) is 0. The SMILES string of the molecule is O=C(/C=C/c1ccc(F)c(Cl)c1)OCc1nnc(-c2ccc([N+](=O)[O-])cc2)o1. The van der Waals surface area contributed by atoms with Crippen LogP contribution in [0.2, 0.25) is 5.02 Å². The van der Waals surface area contributed by atoms with Crippen LogP contribution in [-0.2, 0) is 16.1 Å². The number of nitro groups is 1. The van der Waals surface area contributed by atoms with Crippen molar-refractivity contribution in [1.82, 2.24) is 10.2 Å². The number of nitro benzene ring substituents is 1. The highest BCUT2D eigenvalue weighted by atomic mass is 35.5. The monoisotopic (exact) mass is 403 g/mol. The summed E-state index contributed by atoms with van der Waals surface area (Å²) in [5.41, 5.74) is 0.956. The van der Waals surface area contributed by atoms with Crippen LogP contribution in [0.1, 0.15) is 11.5 Å². The van der Waals surface area contributed by atoms with Gasteiger partial charge in [0.25, 0.3) is 11.6 Å². The fourth-order valence-corrected chi connectivity index (χ4v) is 2.30. The van der Waals surface area contributed by atoms with E-state index in [2.05, 4.69) is 10.2 Å². The molecule has 1 heterocycles. The summed E-state index contributed by atoms with van der Waals surface area (Å²) >= 11 is 5.66. The fraction of sp³-hybridized carbons (Fsp3) is 0.0556. The molecule has 0 aliphatic rings. The molecule has 0 spiro atoms. The van der Waals surface area contributed by atoms with Crippen LogP contribution in [0.15, 0.2) is 53.0 Å². The van der Waals surface area contributed by atoms with Crippen LogP contribution in [0.4, 0.5) is 10.1 Å². The van der Waals surface area contributed by atoms with E-state index in [0.717, 1.165) is 6.08 Å². The van der Waals surface area contributed by atoms with Gasteiger partial charge in [0.1, 0.15) is 5.82 Å². The maximum absolute atomic E-state index is 13.1. The Balaban J connectivity index is 1.57. The van der Waals surface area contributed by atoms with Gasteiger partial charge in [0, 0.05) is 23.8 Å². The number of carbonyl (C=O) groups is 1. The first kappa shape index (κ1) is 19.2. The highest BCUT2D eigenvalue weighted by Gasteiger charge is 2.12. The summed E-state index contributed by atoms with van der Waals surface area (Å²) in [6, 6.07) is 9.58. The number of hydrogen-bond acceptors (Lipinski definition) is 7. The summed E-state index contributed by atoms with van der Waals surface area (Å²) in [5.74, 6) is -1.03. The molecule has 28 heavy (non-hydrogen) atoms. The number of non-ortho nitro benzene ring substituents is 1. The van der Waals surface area contributed by atoms with Gasteiger partial charge in [-0.05, 0) is 35.9 Å². The minimum atomic E-state index is -0.671. The molecule has 0 saturated carbocycles. The topological polar surface area (TPSA) is 108 Å². The van der Waals surface area contributed by atoms with Crippen molar-refractivity contribution >= 4 is 29.3 Å². The number of nitrogens with zero attached hydrogens (tertiary/aromatic N) is 3. The Kier molecular flexibility index (Phi) is 5.75. The van der Waals surface area contributed by atoms with Crippen molar-refractivity contribution in [2.75, 3.05) is 0 Å². The zero-order chi connectivity index (χ0) is 20.1. The molecule has 3 rings (SSSR count). The van der Waals surface area contributed by atoms with Crippen LogP contribution in [0.3, 0.4) is 0 Å². The van der Waals surface area contributed by atoms with Crippen molar-refractivity contribution < 1.29 is 23.3 Å². The molecular formula is C18H11ClFN3O5. The Morgan fingerprint density at radius 2 is 2.00 bits per heavy atom. The number of aromatic nitrogens is 2. The van der Waals surface area contributed by atoms with E-state index in [9.17, 15) is 19.3 Å². The van der Waals surface area contributed by atoms with Crippen LogP contribution in [0, 0.1) is 15.9 Å². The first-order valence-electron chi connectivity index (χ1n) is 7.79. The van der Waals surface area contributed by atoms with Gasteiger partial charge >= 0.3 is 5.97 Å². The molecule has 0 atom stereocenters. The Bertz CT molecular complexity index is 1050. The van der Waals surface area contributed by atoms with Crippen molar-refractivity contribution in [3.05, 3.63) is 80.9 Å². The maximum atomic E-state index is 13.1. The summed E-state index contributed by atoms with van der Waals surface area (Å²) in [6.07, 6.45) is 2.57. The quantitative estimate of drug-likeness (QED) is 0.262. The molecule has 10 heteroatoms. The molecule has 0 radical (unpaired) electrons. The van der Waals surface area contributed by atoms with Crippen LogP contribution in [-0.4, -0.2) is 21.1 Å². The third-order valence-corrected chi connectivity index (χ3v) is 3.77. The summed E-state index contributed by atoms with van der Waals surface area (Å²) in [4.78, 5) is 21.9. The van der Waals surface area contributed by atoms with E-state index in [1.165, 1.54) is 48.5 Å². The lowest BCUT2D eigenvalue weighted by Crippen LogP contribution is -2.00. The second kappa shape index (κ2) is 8.40. The van der Waals surface area contributed by atoms with Gasteiger partial charge in [-0.15, -0.1) is 10.2 Å². The van der Waals surface area contributed by atoms with E-state index in [1.807, 2.05) is 0 Å². The number of halogens is 2. The van der Waals surface area contributed by atoms with Crippen molar-refractivity contribution in [1.29, 1.82) is 0 Å². The highest BCUT2D eigenvalue weighted by molar-refractivity contribution is 6.30. The van der Waals surface area contributed by atoms with E-state index < -0.39 is 16.7 Å². The Morgan fingerprint density at radius 3 is 2.68 bits per heavy atom. The Labute approximate surface area is 162 Å². The summed E-state index contributed by atoms with van der Waals surface area (Å²) < 4.78 is 23.4. The third-order valence-electron chi connectivity index (χ3n) is 3.49. The predicted molar refractivity (Wildman–Crippen MR) is 96.6 cm³/mol. The molecule has 8 nitrogen and oxygen atoms in total. The lowest BCUT2D eigenvalue weighted by molar-refractivity contribution is -0.384. The Hall–Kier alpha value is -3.59. The molecule has 3 aromatic rings. The van der Waals surface area contributed by atoms with E-state index in [0.29, 0.717) is 11.1 Å². The third kappa shape index (κ3) is 4.77. The zero-order valence-electron chi connectivity index (χ0n) is 14.0. The van der Waals surface area contributed by atoms with Gasteiger partial charge in [0.05, 0.1) is 9.95 Å². The second-order valence-corrected chi connectivity index (χ2v) is 5.83. The molecule has 0 aliphatic carbocycles. The maximum Gasteiger partial charge on any atom is 0.331 e. The standard InChI is InChI=1S/C18H11ClFN3O5/c19-14-9-11(1-7-15(14)20)2-8-17(24)27-10-16-21-22-18(28-16)12-3-5-13(6-4-12)23(25)26/h1-9H,10H2/b8-2+. The van der Waals surface area contributed by atoms with Crippen LogP contribution < -0.4 is 0 Å².